The number of amides is 2. The Kier molecular flexibility index (Phi) is 3.28. The lowest BCUT2D eigenvalue weighted by atomic mass is 9.90. The minimum Gasteiger partial charge on any atom is -0.481 e. The summed E-state index contributed by atoms with van der Waals surface area (Å²) >= 11 is 0. The van der Waals surface area contributed by atoms with Crippen molar-refractivity contribution in [3.05, 3.63) is 0 Å². The summed E-state index contributed by atoms with van der Waals surface area (Å²) in [6, 6.07) is -0.476. The fraction of sp³-hybridized carbons (Fsp3) is 0.667. The SMILES string of the molecule is C[C@@H]1[C@@H](C(=O)O)CCC(=O)N1CC(N)=O. The number of aliphatic carboxylic acids is 1. The number of primary amides is 1. The second kappa shape index (κ2) is 4.29. The van der Waals surface area contributed by atoms with Crippen molar-refractivity contribution < 1.29 is 19.5 Å². The Hall–Kier alpha value is -1.59. The Balaban J connectivity index is 2.78. The molecule has 0 saturated carbocycles. The molecule has 1 saturated heterocycles. The quantitative estimate of drug-likeness (QED) is 0.641. The molecule has 2 atom stereocenters. The molecule has 1 heterocycles. The van der Waals surface area contributed by atoms with Gasteiger partial charge < -0.3 is 15.7 Å². The molecule has 0 aromatic carbocycles. The first-order valence-electron chi connectivity index (χ1n) is 4.74. The molecule has 6 heteroatoms. The van der Waals surface area contributed by atoms with Crippen LogP contribution in [0.25, 0.3) is 0 Å². The summed E-state index contributed by atoms with van der Waals surface area (Å²) in [5, 5.41) is 8.89. The van der Waals surface area contributed by atoms with Crippen LogP contribution in [0.2, 0.25) is 0 Å². The minimum absolute atomic E-state index is 0.161. The summed E-state index contributed by atoms with van der Waals surface area (Å²) in [5.41, 5.74) is 4.99. The number of piperidine rings is 1. The summed E-state index contributed by atoms with van der Waals surface area (Å²) in [5.74, 6) is -2.38. The number of carboxylic acid groups (broad SMARTS) is 1. The van der Waals surface area contributed by atoms with E-state index in [9.17, 15) is 14.4 Å². The molecule has 3 N–H and O–H groups in total. The van der Waals surface area contributed by atoms with Crippen LogP contribution in [0.4, 0.5) is 0 Å². The fourth-order valence-corrected chi connectivity index (χ4v) is 1.84. The van der Waals surface area contributed by atoms with Crippen LogP contribution in [0.5, 0.6) is 0 Å². The van der Waals surface area contributed by atoms with Gasteiger partial charge in [0, 0.05) is 12.5 Å². The van der Waals surface area contributed by atoms with Crippen LogP contribution >= 0.6 is 0 Å². The Morgan fingerprint density at radius 3 is 2.67 bits per heavy atom. The van der Waals surface area contributed by atoms with E-state index < -0.39 is 23.8 Å². The molecule has 15 heavy (non-hydrogen) atoms. The van der Waals surface area contributed by atoms with Gasteiger partial charge in [-0.1, -0.05) is 0 Å². The minimum atomic E-state index is -0.940. The van der Waals surface area contributed by atoms with Gasteiger partial charge in [-0.15, -0.1) is 0 Å². The van der Waals surface area contributed by atoms with E-state index in [1.54, 1.807) is 6.92 Å². The van der Waals surface area contributed by atoms with E-state index >= 15 is 0 Å². The molecule has 2 amide bonds. The predicted molar refractivity (Wildman–Crippen MR) is 50.7 cm³/mol. The first-order chi connectivity index (χ1) is 6.93. The standard InChI is InChI=1S/C9H14N2O4/c1-5-6(9(14)15)2-3-8(13)11(5)4-7(10)12/h5-6H,2-4H2,1H3,(H2,10,12)(H,14,15)/t5-,6+/m1/s1. The highest BCUT2D eigenvalue weighted by Crippen LogP contribution is 2.24. The van der Waals surface area contributed by atoms with Gasteiger partial charge in [0.15, 0.2) is 0 Å². The van der Waals surface area contributed by atoms with Crippen LogP contribution in [-0.4, -0.2) is 40.4 Å². The van der Waals surface area contributed by atoms with E-state index in [1.807, 2.05) is 0 Å². The van der Waals surface area contributed by atoms with E-state index in [-0.39, 0.29) is 18.9 Å². The number of carbonyl (C=O) groups is 3. The second-order valence-corrected chi connectivity index (χ2v) is 3.71. The number of hydrogen-bond donors (Lipinski definition) is 2. The highest BCUT2D eigenvalue weighted by atomic mass is 16.4. The van der Waals surface area contributed by atoms with E-state index in [1.165, 1.54) is 4.90 Å². The molecule has 1 fully saturated rings. The van der Waals surface area contributed by atoms with Crippen LogP contribution in [-0.2, 0) is 14.4 Å². The first-order valence-corrected chi connectivity index (χ1v) is 4.74. The second-order valence-electron chi connectivity index (χ2n) is 3.71. The van der Waals surface area contributed by atoms with Crippen molar-refractivity contribution in [3.63, 3.8) is 0 Å². The highest BCUT2D eigenvalue weighted by Gasteiger charge is 2.37. The number of likely N-dealkylation sites (tertiary alicyclic amines) is 1. The van der Waals surface area contributed by atoms with Gasteiger partial charge in [-0.05, 0) is 13.3 Å². The zero-order chi connectivity index (χ0) is 11.6. The summed E-state index contributed by atoms with van der Waals surface area (Å²) < 4.78 is 0. The van der Waals surface area contributed by atoms with Crippen LogP contribution in [0, 0.1) is 5.92 Å². The number of carboxylic acids is 1. The molecule has 0 aromatic heterocycles. The molecule has 0 aromatic rings. The van der Waals surface area contributed by atoms with Crippen molar-refractivity contribution in [1.82, 2.24) is 4.90 Å². The molecule has 0 unspecified atom stereocenters. The Morgan fingerprint density at radius 2 is 2.20 bits per heavy atom. The molecule has 0 spiro atoms. The van der Waals surface area contributed by atoms with Gasteiger partial charge in [-0.2, -0.15) is 0 Å². The number of nitrogens with two attached hydrogens (primary N) is 1. The zero-order valence-electron chi connectivity index (χ0n) is 8.47. The monoisotopic (exact) mass is 214 g/mol. The van der Waals surface area contributed by atoms with E-state index in [0.29, 0.717) is 6.42 Å². The molecule has 1 aliphatic heterocycles. The smallest absolute Gasteiger partial charge is 0.308 e. The van der Waals surface area contributed by atoms with Gasteiger partial charge in [0.05, 0.1) is 12.5 Å². The molecule has 1 aliphatic rings. The average Bonchev–Trinajstić information content (AvgIpc) is 2.11. The molecule has 1 rings (SSSR count). The molecule has 0 radical (unpaired) electrons. The number of rotatable bonds is 3. The summed E-state index contributed by atoms with van der Waals surface area (Å²) in [4.78, 5) is 34.2. The van der Waals surface area contributed by atoms with Gasteiger partial charge in [0.2, 0.25) is 11.8 Å². The number of hydrogen-bond acceptors (Lipinski definition) is 3. The van der Waals surface area contributed by atoms with Gasteiger partial charge in [-0.3, -0.25) is 14.4 Å². The van der Waals surface area contributed by atoms with Gasteiger partial charge in [-0.25, -0.2) is 0 Å². The maximum Gasteiger partial charge on any atom is 0.308 e. The van der Waals surface area contributed by atoms with Crippen molar-refractivity contribution in [2.24, 2.45) is 11.7 Å². The third-order valence-electron chi connectivity index (χ3n) is 2.71. The van der Waals surface area contributed by atoms with Crippen LogP contribution in [0.15, 0.2) is 0 Å². The van der Waals surface area contributed by atoms with Crippen LogP contribution in [0.1, 0.15) is 19.8 Å². The van der Waals surface area contributed by atoms with E-state index in [0.717, 1.165) is 0 Å². The zero-order valence-corrected chi connectivity index (χ0v) is 8.47. The molecule has 0 bridgehead atoms. The van der Waals surface area contributed by atoms with Crippen LogP contribution < -0.4 is 5.73 Å². The number of nitrogens with zero attached hydrogens (tertiary/aromatic N) is 1. The van der Waals surface area contributed by atoms with Crippen molar-refractivity contribution in [2.75, 3.05) is 6.54 Å². The van der Waals surface area contributed by atoms with E-state index in [2.05, 4.69) is 0 Å². The largest absolute Gasteiger partial charge is 0.481 e. The topological polar surface area (TPSA) is 101 Å². The molecule has 0 aliphatic carbocycles. The maximum atomic E-state index is 11.4. The lowest BCUT2D eigenvalue weighted by molar-refractivity contribution is -0.152. The van der Waals surface area contributed by atoms with Crippen molar-refractivity contribution >= 4 is 17.8 Å². The van der Waals surface area contributed by atoms with Crippen molar-refractivity contribution in [1.29, 1.82) is 0 Å². The Morgan fingerprint density at radius 1 is 1.60 bits per heavy atom. The lowest BCUT2D eigenvalue weighted by Crippen LogP contribution is -2.52. The van der Waals surface area contributed by atoms with Crippen molar-refractivity contribution in [3.8, 4) is 0 Å². The van der Waals surface area contributed by atoms with Gasteiger partial charge in [0.1, 0.15) is 0 Å². The highest BCUT2D eigenvalue weighted by molar-refractivity contribution is 5.86. The fourth-order valence-electron chi connectivity index (χ4n) is 1.84. The first kappa shape index (κ1) is 11.5. The summed E-state index contributed by atoms with van der Waals surface area (Å²) in [6.45, 7) is 1.42. The summed E-state index contributed by atoms with van der Waals surface area (Å²) in [7, 11) is 0. The normalized spacial score (nSPS) is 26.5. The van der Waals surface area contributed by atoms with Gasteiger partial charge >= 0.3 is 5.97 Å². The van der Waals surface area contributed by atoms with Gasteiger partial charge in [0.25, 0.3) is 0 Å². The maximum absolute atomic E-state index is 11.4. The average molecular weight is 214 g/mol. The lowest BCUT2D eigenvalue weighted by Gasteiger charge is -2.36. The number of carbonyl (C=O) groups excluding carboxylic acids is 2. The predicted octanol–water partition coefficient (Wildman–Crippen LogP) is -0.817. The molecular formula is C9H14N2O4. The van der Waals surface area contributed by atoms with Crippen molar-refractivity contribution in [2.45, 2.75) is 25.8 Å². The van der Waals surface area contributed by atoms with E-state index in [4.69, 9.17) is 10.8 Å². The molecular weight excluding hydrogens is 200 g/mol. The molecule has 6 nitrogen and oxygen atoms in total. The third kappa shape index (κ3) is 2.45. The summed E-state index contributed by atoms with van der Waals surface area (Å²) in [6.07, 6.45) is 0.485. The molecule has 84 valence electrons. The Labute approximate surface area is 87.0 Å². The third-order valence-corrected chi connectivity index (χ3v) is 2.71. The van der Waals surface area contributed by atoms with Crippen LogP contribution in [0.3, 0.4) is 0 Å². The Bertz CT molecular complexity index is 302.